The molecule has 0 spiro atoms. The average Bonchev–Trinajstić information content (AvgIpc) is 3.34. The number of sulfonamides is 1. The predicted octanol–water partition coefficient (Wildman–Crippen LogP) is 4.57. The Morgan fingerprint density at radius 3 is 2.39 bits per heavy atom. The molecule has 0 unspecified atom stereocenters. The Kier molecular flexibility index (Phi) is 7.93. The number of anilines is 2. The van der Waals surface area contributed by atoms with Gasteiger partial charge in [-0.15, -0.1) is 10.2 Å². The maximum absolute atomic E-state index is 13.4. The number of non-ortho nitro benzene ring substituents is 1. The number of carbonyl (C=O) groups is 1. The molecule has 4 aromatic rings. The molecule has 0 bridgehead atoms. The highest BCUT2D eigenvalue weighted by Crippen LogP contribution is 2.29. The first-order valence-corrected chi connectivity index (χ1v) is 13.7. The maximum atomic E-state index is 13.4. The van der Waals surface area contributed by atoms with Crippen LogP contribution in [0.5, 0.6) is 0 Å². The van der Waals surface area contributed by atoms with Crippen molar-refractivity contribution in [2.75, 3.05) is 16.2 Å². The van der Waals surface area contributed by atoms with Crippen LogP contribution < -0.4 is 9.62 Å². The van der Waals surface area contributed by atoms with Crippen LogP contribution in [0.2, 0.25) is 0 Å². The number of carbonyl (C=O) groups excluding carboxylic acids is 1. The minimum absolute atomic E-state index is 0.0143. The van der Waals surface area contributed by atoms with Crippen molar-refractivity contribution in [3.63, 3.8) is 0 Å². The number of benzene rings is 3. The summed E-state index contributed by atoms with van der Waals surface area (Å²) in [6, 6.07) is 22.4. The average molecular weight is 542 g/mol. The third-order valence-corrected chi connectivity index (χ3v) is 8.64. The molecule has 1 aromatic heterocycles. The van der Waals surface area contributed by atoms with Gasteiger partial charge in [-0.05, 0) is 23.8 Å². The second-order valence-electron chi connectivity index (χ2n) is 7.30. The van der Waals surface area contributed by atoms with E-state index in [9.17, 15) is 23.3 Å². The first kappa shape index (κ1) is 25.3. The summed E-state index contributed by atoms with van der Waals surface area (Å²) >= 11 is 2.63. The van der Waals surface area contributed by atoms with Crippen LogP contribution in [0.15, 0.2) is 94.2 Å². The molecule has 1 heterocycles. The molecule has 3 aromatic carbocycles. The Bertz CT molecular complexity index is 1460. The molecule has 0 aliphatic carbocycles. The van der Waals surface area contributed by atoms with Crippen molar-refractivity contribution >= 4 is 55.5 Å². The lowest BCUT2D eigenvalue weighted by Crippen LogP contribution is -2.38. The van der Waals surface area contributed by atoms with Crippen molar-refractivity contribution in [3.05, 3.63) is 101 Å². The number of nitro benzene ring substituents is 1. The Hall–Kier alpha value is -3.81. The topological polar surface area (TPSA) is 135 Å². The maximum Gasteiger partial charge on any atom is 0.271 e. The Balaban J connectivity index is 1.52. The first-order chi connectivity index (χ1) is 17.3. The summed E-state index contributed by atoms with van der Waals surface area (Å²) in [7, 11) is -4.20. The number of nitrogens with zero attached hydrogens (tertiary/aromatic N) is 4. The smallest absolute Gasteiger partial charge is 0.271 e. The normalized spacial score (nSPS) is 11.1. The van der Waals surface area contributed by atoms with Crippen LogP contribution in [-0.4, -0.2) is 36.0 Å². The van der Waals surface area contributed by atoms with Gasteiger partial charge in [-0.25, -0.2) is 8.42 Å². The Labute approximate surface area is 215 Å². The summed E-state index contributed by atoms with van der Waals surface area (Å²) in [5.74, 6) is 0.0102. The van der Waals surface area contributed by atoms with Crippen LogP contribution in [0.1, 0.15) is 5.56 Å². The summed E-state index contributed by atoms with van der Waals surface area (Å²) in [5.41, 5.74) is 0.798. The molecule has 4 rings (SSSR count). The van der Waals surface area contributed by atoms with Crippen molar-refractivity contribution in [2.45, 2.75) is 15.0 Å². The number of hydrogen-bond acceptors (Lipinski definition) is 9. The molecule has 10 nitrogen and oxygen atoms in total. The quantitative estimate of drug-likeness (QED) is 0.133. The molecule has 1 N–H and O–H groups in total. The van der Waals surface area contributed by atoms with Gasteiger partial charge in [0.2, 0.25) is 11.0 Å². The van der Waals surface area contributed by atoms with Crippen molar-refractivity contribution in [1.29, 1.82) is 0 Å². The van der Waals surface area contributed by atoms with E-state index in [0.717, 1.165) is 15.9 Å². The van der Waals surface area contributed by atoms with Gasteiger partial charge in [0, 0.05) is 17.9 Å². The number of nitrogens with one attached hydrogen (secondary N) is 1. The van der Waals surface area contributed by atoms with Crippen molar-refractivity contribution in [3.8, 4) is 0 Å². The molecule has 0 atom stereocenters. The van der Waals surface area contributed by atoms with Crippen LogP contribution in [0.4, 0.5) is 16.5 Å². The van der Waals surface area contributed by atoms with Gasteiger partial charge >= 0.3 is 0 Å². The Morgan fingerprint density at radius 1 is 1.00 bits per heavy atom. The molecule has 1 amide bonds. The third kappa shape index (κ3) is 6.24. The van der Waals surface area contributed by atoms with E-state index in [1.807, 2.05) is 30.3 Å². The second kappa shape index (κ2) is 11.3. The van der Waals surface area contributed by atoms with Crippen LogP contribution in [0.25, 0.3) is 0 Å². The largest absolute Gasteiger partial charge is 0.299 e. The lowest BCUT2D eigenvalue weighted by atomic mass is 10.2. The summed E-state index contributed by atoms with van der Waals surface area (Å²) in [4.78, 5) is 23.4. The lowest BCUT2D eigenvalue weighted by Gasteiger charge is -2.23. The van der Waals surface area contributed by atoms with Gasteiger partial charge in [0.15, 0.2) is 4.34 Å². The standard InChI is InChI=1S/C23H19N5O5S3/c29-21(24-22-25-26-23(35-22)34-16-17-8-3-1-4-9-17)15-27(18-10-7-11-19(14-18)28(30)31)36(32,33)20-12-5-2-6-13-20/h1-14H,15-16H2,(H,24,25,29). The SMILES string of the molecule is O=C(CN(c1cccc([N+](=O)[O-])c1)S(=O)(=O)c1ccccc1)Nc1nnc(SCc2ccccc2)s1. The third-order valence-electron chi connectivity index (χ3n) is 4.80. The molecule has 13 heteroatoms. The van der Waals surface area contributed by atoms with Gasteiger partial charge in [0.05, 0.1) is 15.5 Å². The predicted molar refractivity (Wildman–Crippen MR) is 139 cm³/mol. The summed E-state index contributed by atoms with van der Waals surface area (Å²) in [6.07, 6.45) is 0. The van der Waals surface area contributed by atoms with Gasteiger partial charge in [0.25, 0.3) is 15.7 Å². The van der Waals surface area contributed by atoms with Crippen molar-refractivity contribution < 1.29 is 18.1 Å². The number of nitro groups is 1. The Morgan fingerprint density at radius 2 is 1.69 bits per heavy atom. The van der Waals surface area contributed by atoms with Crippen molar-refractivity contribution in [2.24, 2.45) is 0 Å². The van der Waals surface area contributed by atoms with Crippen molar-refractivity contribution in [1.82, 2.24) is 10.2 Å². The van der Waals surface area contributed by atoms with Gasteiger partial charge in [-0.3, -0.25) is 24.5 Å². The summed E-state index contributed by atoms with van der Waals surface area (Å²) in [5, 5.41) is 22.1. The zero-order valence-corrected chi connectivity index (χ0v) is 21.0. The zero-order chi connectivity index (χ0) is 25.5. The number of hydrogen-bond donors (Lipinski definition) is 1. The molecule has 0 saturated heterocycles. The van der Waals surface area contributed by atoms with Crippen LogP contribution in [-0.2, 0) is 20.6 Å². The van der Waals surface area contributed by atoms with E-state index in [2.05, 4.69) is 15.5 Å². The molecule has 0 aliphatic heterocycles. The van der Waals surface area contributed by atoms with E-state index in [-0.39, 0.29) is 21.4 Å². The van der Waals surface area contributed by atoms with E-state index < -0.39 is 27.4 Å². The highest BCUT2D eigenvalue weighted by molar-refractivity contribution is 8.00. The van der Waals surface area contributed by atoms with Crippen LogP contribution >= 0.6 is 23.1 Å². The summed E-state index contributed by atoms with van der Waals surface area (Å²) in [6.45, 7) is -0.621. The van der Waals surface area contributed by atoms with E-state index >= 15 is 0 Å². The minimum atomic E-state index is -4.20. The molecule has 0 fully saturated rings. The van der Waals surface area contributed by atoms with E-state index in [4.69, 9.17) is 0 Å². The van der Waals surface area contributed by atoms with Gasteiger partial charge < -0.3 is 0 Å². The fourth-order valence-corrected chi connectivity index (χ4v) is 6.28. The van der Waals surface area contributed by atoms with Crippen LogP contribution in [0.3, 0.4) is 0 Å². The fourth-order valence-electron chi connectivity index (χ4n) is 3.12. The highest BCUT2D eigenvalue weighted by atomic mass is 32.2. The molecular formula is C23H19N5O5S3. The lowest BCUT2D eigenvalue weighted by molar-refractivity contribution is -0.384. The van der Waals surface area contributed by atoms with Gasteiger partial charge in [-0.2, -0.15) is 0 Å². The molecule has 0 radical (unpaired) electrons. The first-order valence-electron chi connectivity index (χ1n) is 10.5. The molecule has 0 aliphatic rings. The van der Waals surface area contributed by atoms with E-state index in [1.54, 1.807) is 18.2 Å². The van der Waals surface area contributed by atoms with Crippen LogP contribution in [0, 0.1) is 10.1 Å². The fraction of sp³-hybridized carbons (Fsp3) is 0.0870. The van der Waals surface area contributed by atoms with Gasteiger partial charge in [-0.1, -0.05) is 77.7 Å². The zero-order valence-electron chi connectivity index (χ0n) is 18.6. The monoisotopic (exact) mass is 541 g/mol. The molecule has 184 valence electrons. The molecular weight excluding hydrogens is 522 g/mol. The second-order valence-corrected chi connectivity index (χ2v) is 11.4. The minimum Gasteiger partial charge on any atom is -0.299 e. The van der Waals surface area contributed by atoms with E-state index in [0.29, 0.717) is 10.1 Å². The van der Waals surface area contributed by atoms with Gasteiger partial charge in [0.1, 0.15) is 6.54 Å². The number of amides is 1. The molecule has 36 heavy (non-hydrogen) atoms. The number of rotatable bonds is 10. The molecule has 0 saturated carbocycles. The number of thioether (sulfide) groups is 1. The summed E-state index contributed by atoms with van der Waals surface area (Å²) < 4.78 is 28.2. The highest BCUT2D eigenvalue weighted by Gasteiger charge is 2.28. The number of aromatic nitrogens is 2. The van der Waals surface area contributed by atoms with E-state index in [1.165, 1.54) is 53.4 Å².